The van der Waals surface area contributed by atoms with Crippen molar-refractivity contribution in [2.75, 3.05) is 6.54 Å². The predicted octanol–water partition coefficient (Wildman–Crippen LogP) is 0.0372. The van der Waals surface area contributed by atoms with Gasteiger partial charge in [0.25, 0.3) is 0 Å². The molecule has 0 unspecified atom stereocenters. The van der Waals surface area contributed by atoms with Gasteiger partial charge in [0, 0.05) is 12.5 Å². The number of rotatable bonds is 4. The van der Waals surface area contributed by atoms with E-state index < -0.39 is 0 Å². The molecule has 0 bridgehead atoms. The first-order valence-corrected chi connectivity index (χ1v) is 4.12. The SMILES string of the molecule is CCC(=O)NCC(=O)NC(C)C. The molecule has 0 aromatic rings. The monoisotopic (exact) mass is 172 g/mol. The summed E-state index contributed by atoms with van der Waals surface area (Å²) >= 11 is 0. The maximum Gasteiger partial charge on any atom is 0.239 e. The smallest absolute Gasteiger partial charge is 0.239 e. The van der Waals surface area contributed by atoms with Crippen molar-refractivity contribution < 1.29 is 9.59 Å². The average Bonchev–Trinajstić information content (AvgIpc) is 1.99. The summed E-state index contributed by atoms with van der Waals surface area (Å²) in [6.45, 7) is 5.57. The Morgan fingerprint density at radius 3 is 2.25 bits per heavy atom. The lowest BCUT2D eigenvalue weighted by Crippen LogP contribution is -2.39. The molecule has 12 heavy (non-hydrogen) atoms. The topological polar surface area (TPSA) is 58.2 Å². The summed E-state index contributed by atoms with van der Waals surface area (Å²) in [4.78, 5) is 21.7. The van der Waals surface area contributed by atoms with Crippen LogP contribution >= 0.6 is 0 Å². The number of hydrogen-bond donors (Lipinski definition) is 2. The zero-order chi connectivity index (χ0) is 9.56. The van der Waals surface area contributed by atoms with Crippen LogP contribution in [0, 0.1) is 0 Å². The Hall–Kier alpha value is -1.06. The molecule has 0 fully saturated rings. The van der Waals surface area contributed by atoms with Crippen LogP contribution in [0.15, 0.2) is 0 Å². The fraction of sp³-hybridized carbons (Fsp3) is 0.750. The minimum atomic E-state index is -0.146. The van der Waals surface area contributed by atoms with Crippen molar-refractivity contribution in [3.05, 3.63) is 0 Å². The van der Waals surface area contributed by atoms with Crippen molar-refractivity contribution in [1.82, 2.24) is 10.6 Å². The fourth-order valence-corrected chi connectivity index (χ4v) is 0.677. The lowest BCUT2D eigenvalue weighted by atomic mass is 10.4. The molecule has 0 aromatic carbocycles. The molecule has 0 aliphatic carbocycles. The molecule has 0 saturated heterocycles. The minimum Gasteiger partial charge on any atom is -0.352 e. The Morgan fingerprint density at radius 2 is 1.83 bits per heavy atom. The molecule has 0 saturated carbocycles. The summed E-state index contributed by atoms with van der Waals surface area (Å²) in [5, 5.41) is 5.16. The summed E-state index contributed by atoms with van der Waals surface area (Å²) in [5.74, 6) is -0.249. The standard InChI is InChI=1S/C8H16N2O2/c1-4-7(11)9-5-8(12)10-6(2)3/h6H,4-5H2,1-3H3,(H,9,11)(H,10,12). The molecular formula is C8H16N2O2. The van der Waals surface area contributed by atoms with E-state index in [0.717, 1.165) is 0 Å². The van der Waals surface area contributed by atoms with Crippen molar-refractivity contribution in [1.29, 1.82) is 0 Å². The second-order valence-electron chi connectivity index (χ2n) is 2.85. The predicted molar refractivity (Wildman–Crippen MR) is 46.6 cm³/mol. The third kappa shape index (κ3) is 5.70. The van der Waals surface area contributed by atoms with Crippen LogP contribution in [0.3, 0.4) is 0 Å². The number of amides is 2. The van der Waals surface area contributed by atoms with Gasteiger partial charge in [-0.1, -0.05) is 6.92 Å². The van der Waals surface area contributed by atoms with E-state index >= 15 is 0 Å². The first-order chi connectivity index (χ1) is 5.56. The first-order valence-electron chi connectivity index (χ1n) is 4.12. The Labute approximate surface area is 72.7 Å². The van der Waals surface area contributed by atoms with Gasteiger partial charge in [0.2, 0.25) is 11.8 Å². The van der Waals surface area contributed by atoms with Crippen molar-refractivity contribution in [2.45, 2.75) is 33.2 Å². The van der Waals surface area contributed by atoms with E-state index in [1.165, 1.54) is 0 Å². The van der Waals surface area contributed by atoms with Crippen molar-refractivity contribution in [3.63, 3.8) is 0 Å². The molecule has 0 aliphatic rings. The van der Waals surface area contributed by atoms with Gasteiger partial charge in [0.15, 0.2) is 0 Å². The number of hydrogen-bond acceptors (Lipinski definition) is 2. The second kappa shape index (κ2) is 5.57. The fourth-order valence-electron chi connectivity index (χ4n) is 0.677. The lowest BCUT2D eigenvalue weighted by molar-refractivity contribution is -0.126. The van der Waals surface area contributed by atoms with Gasteiger partial charge in [-0.05, 0) is 13.8 Å². The molecule has 2 amide bonds. The Balaban J connectivity index is 3.51. The first kappa shape index (κ1) is 10.9. The molecule has 0 rings (SSSR count). The second-order valence-corrected chi connectivity index (χ2v) is 2.85. The third-order valence-corrected chi connectivity index (χ3v) is 1.22. The van der Waals surface area contributed by atoms with Gasteiger partial charge >= 0.3 is 0 Å². The lowest BCUT2D eigenvalue weighted by Gasteiger charge is -2.08. The van der Waals surface area contributed by atoms with Crippen LogP contribution in [-0.4, -0.2) is 24.4 Å². The quantitative estimate of drug-likeness (QED) is 0.629. The van der Waals surface area contributed by atoms with Crippen LogP contribution < -0.4 is 10.6 Å². The molecule has 0 spiro atoms. The van der Waals surface area contributed by atoms with Crippen LogP contribution in [0.2, 0.25) is 0 Å². The van der Waals surface area contributed by atoms with Gasteiger partial charge in [0.05, 0.1) is 6.54 Å². The summed E-state index contributed by atoms with van der Waals surface area (Å²) in [7, 11) is 0. The van der Waals surface area contributed by atoms with Gasteiger partial charge in [-0.3, -0.25) is 9.59 Å². The average molecular weight is 172 g/mol. The summed E-state index contributed by atoms with van der Waals surface area (Å²) in [6, 6.07) is 0.121. The van der Waals surface area contributed by atoms with Crippen molar-refractivity contribution >= 4 is 11.8 Å². The maximum atomic E-state index is 10.9. The maximum absolute atomic E-state index is 10.9. The molecule has 0 atom stereocenters. The van der Waals surface area contributed by atoms with Gasteiger partial charge < -0.3 is 10.6 Å². The van der Waals surface area contributed by atoms with Gasteiger partial charge in [-0.15, -0.1) is 0 Å². The van der Waals surface area contributed by atoms with Crippen molar-refractivity contribution in [2.24, 2.45) is 0 Å². The van der Waals surface area contributed by atoms with E-state index in [9.17, 15) is 9.59 Å². The highest BCUT2D eigenvalue weighted by atomic mass is 16.2. The Morgan fingerprint density at radius 1 is 1.25 bits per heavy atom. The van der Waals surface area contributed by atoms with Crippen LogP contribution in [-0.2, 0) is 9.59 Å². The van der Waals surface area contributed by atoms with E-state index in [2.05, 4.69) is 10.6 Å². The Bertz CT molecular complexity index is 166. The Kier molecular flexibility index (Phi) is 5.08. The van der Waals surface area contributed by atoms with Crippen LogP contribution in [0.1, 0.15) is 27.2 Å². The highest BCUT2D eigenvalue weighted by molar-refractivity contribution is 5.84. The zero-order valence-corrected chi connectivity index (χ0v) is 7.81. The number of nitrogens with one attached hydrogen (secondary N) is 2. The van der Waals surface area contributed by atoms with Gasteiger partial charge in [-0.25, -0.2) is 0 Å². The zero-order valence-electron chi connectivity index (χ0n) is 7.81. The van der Waals surface area contributed by atoms with Crippen LogP contribution in [0.4, 0.5) is 0 Å². The van der Waals surface area contributed by atoms with E-state index in [1.54, 1.807) is 6.92 Å². The van der Waals surface area contributed by atoms with E-state index in [1.807, 2.05) is 13.8 Å². The van der Waals surface area contributed by atoms with Gasteiger partial charge in [-0.2, -0.15) is 0 Å². The van der Waals surface area contributed by atoms with Crippen LogP contribution in [0.25, 0.3) is 0 Å². The van der Waals surface area contributed by atoms with E-state index in [0.29, 0.717) is 6.42 Å². The number of carbonyl (C=O) groups excluding carboxylic acids is 2. The normalized spacial score (nSPS) is 9.67. The van der Waals surface area contributed by atoms with Crippen LogP contribution in [0.5, 0.6) is 0 Å². The molecule has 0 heterocycles. The van der Waals surface area contributed by atoms with Gasteiger partial charge in [0.1, 0.15) is 0 Å². The highest BCUT2D eigenvalue weighted by Crippen LogP contribution is 1.77. The molecule has 70 valence electrons. The molecule has 2 N–H and O–H groups in total. The molecule has 0 aliphatic heterocycles. The molecule has 4 heteroatoms. The summed E-state index contributed by atoms with van der Waals surface area (Å²) < 4.78 is 0. The van der Waals surface area contributed by atoms with Crippen molar-refractivity contribution in [3.8, 4) is 0 Å². The summed E-state index contributed by atoms with van der Waals surface area (Å²) in [6.07, 6.45) is 0.412. The molecule has 0 radical (unpaired) electrons. The highest BCUT2D eigenvalue weighted by Gasteiger charge is 2.03. The number of carbonyl (C=O) groups is 2. The minimum absolute atomic E-state index is 0.0743. The van der Waals surface area contributed by atoms with E-state index in [-0.39, 0.29) is 24.4 Å². The molecule has 4 nitrogen and oxygen atoms in total. The van der Waals surface area contributed by atoms with E-state index in [4.69, 9.17) is 0 Å². The third-order valence-electron chi connectivity index (χ3n) is 1.22. The molecule has 0 aromatic heterocycles. The molecular weight excluding hydrogens is 156 g/mol. The largest absolute Gasteiger partial charge is 0.352 e. The summed E-state index contributed by atoms with van der Waals surface area (Å²) in [5.41, 5.74) is 0.